The minimum absolute atomic E-state index is 0. The lowest BCUT2D eigenvalue weighted by Gasteiger charge is -2.02. The van der Waals surface area contributed by atoms with Gasteiger partial charge in [-0.1, -0.05) is 0 Å². The van der Waals surface area contributed by atoms with Crippen LogP contribution < -0.4 is 17.0 Å². The van der Waals surface area contributed by atoms with Crippen molar-refractivity contribution in [3.8, 4) is 0 Å². The summed E-state index contributed by atoms with van der Waals surface area (Å²) in [6.07, 6.45) is 0. The summed E-state index contributed by atoms with van der Waals surface area (Å²) < 4.78 is 3.80. The van der Waals surface area contributed by atoms with Crippen molar-refractivity contribution >= 4 is 29.5 Å². The predicted molar refractivity (Wildman–Crippen MR) is 62.9 cm³/mol. The Balaban J connectivity index is 0.00000128. The quantitative estimate of drug-likeness (QED) is 0.643. The van der Waals surface area contributed by atoms with E-state index < -0.39 is 5.69 Å². The predicted octanol–water partition coefficient (Wildman–Crippen LogP) is -1.03. The number of halogens is 1. The zero-order chi connectivity index (χ0) is 11.3. The third kappa shape index (κ3) is 1.32. The van der Waals surface area contributed by atoms with Gasteiger partial charge in [-0.05, 0) is 0 Å². The van der Waals surface area contributed by atoms with E-state index in [1.54, 1.807) is 14.1 Å². The molecule has 2 aromatic heterocycles. The molecule has 0 spiro atoms. The number of aromatic nitrogens is 4. The van der Waals surface area contributed by atoms with Gasteiger partial charge >= 0.3 is 5.69 Å². The summed E-state index contributed by atoms with van der Waals surface area (Å²) in [7, 11) is 4.61. The van der Waals surface area contributed by atoms with Gasteiger partial charge in [-0.15, -0.1) is 12.4 Å². The summed E-state index contributed by atoms with van der Waals surface area (Å²) in [5, 5.41) is 0. The molecule has 0 fully saturated rings. The zero-order valence-electron chi connectivity index (χ0n) is 9.09. The van der Waals surface area contributed by atoms with Crippen molar-refractivity contribution in [2.24, 2.45) is 21.1 Å². The molecule has 2 aromatic rings. The van der Waals surface area contributed by atoms with Crippen LogP contribution in [0.3, 0.4) is 0 Å². The van der Waals surface area contributed by atoms with E-state index in [-0.39, 0.29) is 23.9 Å². The van der Waals surface area contributed by atoms with E-state index in [4.69, 9.17) is 5.73 Å². The van der Waals surface area contributed by atoms with Crippen molar-refractivity contribution in [2.45, 2.75) is 0 Å². The molecule has 0 amide bonds. The number of imidazole rings is 1. The maximum Gasteiger partial charge on any atom is 0.332 e. The summed E-state index contributed by atoms with van der Waals surface area (Å²) in [6, 6.07) is 0. The second-order valence-electron chi connectivity index (χ2n) is 3.41. The maximum absolute atomic E-state index is 11.8. The van der Waals surface area contributed by atoms with Gasteiger partial charge in [0.2, 0.25) is 5.95 Å². The van der Waals surface area contributed by atoms with Crippen LogP contribution in [0.25, 0.3) is 11.2 Å². The molecule has 88 valence electrons. The van der Waals surface area contributed by atoms with Crippen molar-refractivity contribution in [1.29, 1.82) is 0 Å². The molecule has 8 heteroatoms. The SMILES string of the molecule is Cl.Cn1c(=O)c2c(nc(N)n2C)n(C)c1=O. The molecule has 0 aliphatic carbocycles. The highest BCUT2D eigenvalue weighted by Crippen LogP contribution is 2.09. The van der Waals surface area contributed by atoms with E-state index >= 15 is 0 Å². The fourth-order valence-corrected chi connectivity index (χ4v) is 1.54. The molecular weight excluding hydrogens is 234 g/mol. The van der Waals surface area contributed by atoms with Gasteiger partial charge in [0, 0.05) is 21.1 Å². The van der Waals surface area contributed by atoms with Crippen LogP contribution in [0.2, 0.25) is 0 Å². The highest BCUT2D eigenvalue weighted by molar-refractivity contribution is 5.85. The minimum atomic E-state index is -0.411. The van der Waals surface area contributed by atoms with E-state index in [0.717, 1.165) is 4.57 Å². The van der Waals surface area contributed by atoms with Gasteiger partial charge in [0.05, 0.1) is 0 Å². The number of nitrogens with two attached hydrogens (primary N) is 1. The highest BCUT2D eigenvalue weighted by atomic mass is 35.5. The van der Waals surface area contributed by atoms with E-state index in [1.165, 1.54) is 16.2 Å². The first-order valence-electron chi connectivity index (χ1n) is 4.33. The second-order valence-corrected chi connectivity index (χ2v) is 3.41. The monoisotopic (exact) mass is 245 g/mol. The first-order chi connectivity index (χ1) is 6.95. The maximum atomic E-state index is 11.8. The first kappa shape index (κ1) is 12.3. The van der Waals surface area contributed by atoms with Crippen molar-refractivity contribution in [2.75, 3.05) is 5.73 Å². The fraction of sp³-hybridized carbons (Fsp3) is 0.375. The van der Waals surface area contributed by atoms with Gasteiger partial charge < -0.3 is 10.3 Å². The van der Waals surface area contributed by atoms with Crippen molar-refractivity contribution in [1.82, 2.24) is 18.7 Å². The van der Waals surface area contributed by atoms with Crippen LogP contribution in [0.5, 0.6) is 0 Å². The third-order valence-corrected chi connectivity index (χ3v) is 2.51. The Kier molecular flexibility index (Phi) is 2.83. The van der Waals surface area contributed by atoms with Crippen molar-refractivity contribution in [3.63, 3.8) is 0 Å². The number of anilines is 1. The standard InChI is InChI=1S/C8H11N5O2.ClH/c1-11-4-5(10-7(11)9)12(2)8(15)13(3)6(4)14;/h1-3H3,(H2,9,10);1H. The topological polar surface area (TPSA) is 87.8 Å². The molecule has 0 unspecified atom stereocenters. The summed E-state index contributed by atoms with van der Waals surface area (Å²) in [6.45, 7) is 0. The van der Waals surface area contributed by atoms with Crippen LogP contribution in [-0.2, 0) is 21.1 Å². The lowest BCUT2D eigenvalue weighted by Crippen LogP contribution is -2.37. The van der Waals surface area contributed by atoms with Gasteiger partial charge in [0.25, 0.3) is 5.56 Å². The number of hydrogen-bond donors (Lipinski definition) is 1. The van der Waals surface area contributed by atoms with Crippen LogP contribution in [0.15, 0.2) is 9.59 Å². The smallest absolute Gasteiger partial charge is 0.332 e. The zero-order valence-corrected chi connectivity index (χ0v) is 9.91. The lowest BCUT2D eigenvalue weighted by molar-refractivity contribution is 0.705. The Morgan fingerprint density at radius 1 is 1.06 bits per heavy atom. The Labute approximate surface area is 96.5 Å². The molecule has 2 N–H and O–H groups in total. The van der Waals surface area contributed by atoms with Crippen LogP contribution in [-0.4, -0.2) is 18.7 Å². The van der Waals surface area contributed by atoms with Crippen LogP contribution >= 0.6 is 12.4 Å². The van der Waals surface area contributed by atoms with E-state index in [9.17, 15) is 9.59 Å². The largest absolute Gasteiger partial charge is 0.369 e. The molecule has 0 aliphatic rings. The molecular formula is C8H12ClN5O2. The number of hydrogen-bond acceptors (Lipinski definition) is 4. The molecule has 7 nitrogen and oxygen atoms in total. The summed E-state index contributed by atoms with van der Waals surface area (Å²) >= 11 is 0. The summed E-state index contributed by atoms with van der Waals surface area (Å²) in [5.41, 5.74) is 5.42. The van der Waals surface area contributed by atoms with Crippen LogP contribution in [0, 0.1) is 0 Å². The third-order valence-electron chi connectivity index (χ3n) is 2.51. The Bertz CT molecular complexity index is 666. The Morgan fingerprint density at radius 3 is 2.19 bits per heavy atom. The number of rotatable bonds is 0. The molecule has 0 atom stereocenters. The summed E-state index contributed by atoms with van der Waals surface area (Å²) in [5.74, 6) is 0.211. The number of nitrogen functional groups attached to an aromatic ring is 1. The number of aryl methyl sites for hydroxylation is 2. The molecule has 0 aliphatic heterocycles. The molecule has 0 aromatic carbocycles. The minimum Gasteiger partial charge on any atom is -0.369 e. The molecule has 2 rings (SSSR count). The Morgan fingerprint density at radius 2 is 1.62 bits per heavy atom. The van der Waals surface area contributed by atoms with Gasteiger partial charge in [-0.3, -0.25) is 13.9 Å². The van der Waals surface area contributed by atoms with Crippen LogP contribution in [0.1, 0.15) is 0 Å². The normalized spacial score (nSPS) is 10.4. The second kappa shape index (κ2) is 3.67. The van der Waals surface area contributed by atoms with Crippen LogP contribution in [0.4, 0.5) is 5.95 Å². The van der Waals surface area contributed by atoms with Gasteiger partial charge in [-0.2, -0.15) is 4.98 Å². The summed E-state index contributed by atoms with van der Waals surface area (Å²) in [4.78, 5) is 27.3. The van der Waals surface area contributed by atoms with Gasteiger partial charge in [-0.25, -0.2) is 4.79 Å². The molecule has 0 saturated heterocycles. The average molecular weight is 246 g/mol. The average Bonchev–Trinajstić information content (AvgIpc) is 2.50. The van der Waals surface area contributed by atoms with E-state index in [2.05, 4.69) is 4.98 Å². The van der Waals surface area contributed by atoms with Gasteiger partial charge in [0.15, 0.2) is 11.2 Å². The lowest BCUT2D eigenvalue weighted by atomic mass is 10.5. The first-order valence-corrected chi connectivity index (χ1v) is 4.33. The van der Waals surface area contributed by atoms with Crippen molar-refractivity contribution < 1.29 is 0 Å². The van der Waals surface area contributed by atoms with E-state index in [1.807, 2.05) is 0 Å². The molecule has 0 radical (unpaired) electrons. The Hall–Kier alpha value is -1.76. The number of fused-ring (bicyclic) bond motifs is 1. The van der Waals surface area contributed by atoms with E-state index in [0.29, 0.717) is 11.2 Å². The fourth-order valence-electron chi connectivity index (χ4n) is 1.54. The molecule has 2 heterocycles. The molecule has 0 bridgehead atoms. The molecule has 16 heavy (non-hydrogen) atoms. The molecule has 0 saturated carbocycles. The van der Waals surface area contributed by atoms with Gasteiger partial charge in [0.1, 0.15) is 0 Å². The highest BCUT2D eigenvalue weighted by Gasteiger charge is 2.14. The van der Waals surface area contributed by atoms with Crippen molar-refractivity contribution in [3.05, 3.63) is 20.8 Å². The number of nitrogens with zero attached hydrogens (tertiary/aromatic N) is 4.